The first-order chi connectivity index (χ1) is 9.63. The first-order valence-corrected chi connectivity index (χ1v) is 6.68. The maximum atomic E-state index is 12.1. The van der Waals surface area contributed by atoms with E-state index in [2.05, 4.69) is 10.6 Å². The summed E-state index contributed by atoms with van der Waals surface area (Å²) in [5.74, 6) is -0.400. The molecule has 1 aromatic carbocycles. The summed E-state index contributed by atoms with van der Waals surface area (Å²) >= 11 is 0. The van der Waals surface area contributed by atoms with E-state index in [1.165, 1.54) is 6.92 Å². The van der Waals surface area contributed by atoms with Crippen LogP contribution in [0.2, 0.25) is 0 Å². The first-order valence-electron chi connectivity index (χ1n) is 6.68. The Hall–Kier alpha value is -1.88. The molecule has 1 rings (SSSR count). The van der Waals surface area contributed by atoms with Crippen LogP contribution in [-0.2, 0) is 20.9 Å². The Morgan fingerprint density at radius 2 is 1.90 bits per heavy atom. The lowest BCUT2D eigenvalue weighted by Crippen LogP contribution is -2.35. The van der Waals surface area contributed by atoms with Gasteiger partial charge in [0.25, 0.3) is 0 Å². The second kappa shape index (κ2) is 9.09. The molecule has 0 saturated carbocycles. The molecule has 0 saturated heterocycles. The molecule has 2 N–H and O–H groups in total. The van der Waals surface area contributed by atoms with Crippen LogP contribution in [0.1, 0.15) is 18.9 Å². The minimum Gasteiger partial charge on any atom is -0.384 e. The molecule has 0 fully saturated rings. The zero-order valence-electron chi connectivity index (χ0n) is 12.0. The lowest BCUT2D eigenvalue weighted by Gasteiger charge is -2.16. The Balaban J connectivity index is 2.40. The fourth-order valence-electron chi connectivity index (χ4n) is 1.84. The maximum Gasteiger partial charge on any atom is 0.225 e. The number of nitrogens with one attached hydrogen (secondary N) is 2. The van der Waals surface area contributed by atoms with Gasteiger partial charge in [-0.2, -0.15) is 0 Å². The molecule has 5 heteroatoms. The highest BCUT2D eigenvalue weighted by molar-refractivity contribution is 5.79. The predicted molar refractivity (Wildman–Crippen MR) is 77.0 cm³/mol. The Morgan fingerprint density at radius 3 is 2.50 bits per heavy atom. The van der Waals surface area contributed by atoms with Crippen LogP contribution < -0.4 is 10.6 Å². The van der Waals surface area contributed by atoms with Crippen molar-refractivity contribution < 1.29 is 14.3 Å². The van der Waals surface area contributed by atoms with Crippen molar-refractivity contribution in [1.82, 2.24) is 10.6 Å². The van der Waals surface area contributed by atoms with Crippen LogP contribution in [0.3, 0.4) is 0 Å². The summed E-state index contributed by atoms with van der Waals surface area (Å²) in [6.45, 7) is 2.78. The highest BCUT2D eigenvalue weighted by atomic mass is 16.5. The minimum atomic E-state index is -0.254. The van der Waals surface area contributed by atoms with Crippen molar-refractivity contribution in [3.63, 3.8) is 0 Å². The van der Waals surface area contributed by atoms with Gasteiger partial charge in [0.2, 0.25) is 11.8 Å². The first kappa shape index (κ1) is 16.2. The lowest BCUT2D eigenvalue weighted by atomic mass is 10.1. The van der Waals surface area contributed by atoms with Gasteiger partial charge in [0.1, 0.15) is 0 Å². The quantitative estimate of drug-likeness (QED) is 0.748. The number of benzene rings is 1. The average Bonchev–Trinajstić information content (AvgIpc) is 2.44. The Morgan fingerprint density at radius 1 is 1.20 bits per heavy atom. The smallest absolute Gasteiger partial charge is 0.225 e. The third kappa shape index (κ3) is 6.33. The molecule has 0 aliphatic rings. The summed E-state index contributed by atoms with van der Waals surface area (Å²) in [4.78, 5) is 22.9. The number of methoxy groups -OCH3 is 1. The van der Waals surface area contributed by atoms with E-state index >= 15 is 0 Å². The second-order valence-electron chi connectivity index (χ2n) is 4.63. The molecule has 0 unspecified atom stereocenters. The molecule has 0 heterocycles. The summed E-state index contributed by atoms with van der Waals surface area (Å²) in [5, 5.41) is 5.58. The standard InChI is InChI=1S/C15H22N2O3/c1-12(18)16-9-8-14(11-20-2)15(19)17-10-13-6-4-3-5-7-13/h3-7,14H,8-11H2,1-2H3,(H,16,18)(H,17,19)/t14-/m1/s1. The topological polar surface area (TPSA) is 67.4 Å². The lowest BCUT2D eigenvalue weighted by molar-refractivity contribution is -0.127. The van der Waals surface area contributed by atoms with Crippen LogP contribution in [0.25, 0.3) is 0 Å². The maximum absolute atomic E-state index is 12.1. The highest BCUT2D eigenvalue weighted by Gasteiger charge is 2.17. The van der Waals surface area contributed by atoms with E-state index in [1.807, 2.05) is 30.3 Å². The molecule has 0 bridgehead atoms. The van der Waals surface area contributed by atoms with Gasteiger partial charge in [0, 0.05) is 27.1 Å². The van der Waals surface area contributed by atoms with Gasteiger partial charge in [0.05, 0.1) is 12.5 Å². The number of carbonyl (C=O) groups is 2. The van der Waals surface area contributed by atoms with Gasteiger partial charge in [0.15, 0.2) is 0 Å². The molecule has 20 heavy (non-hydrogen) atoms. The highest BCUT2D eigenvalue weighted by Crippen LogP contribution is 2.05. The van der Waals surface area contributed by atoms with Crippen molar-refractivity contribution in [1.29, 1.82) is 0 Å². The predicted octanol–water partition coefficient (Wildman–Crippen LogP) is 1.09. The average molecular weight is 278 g/mol. The van der Waals surface area contributed by atoms with E-state index < -0.39 is 0 Å². The fourth-order valence-corrected chi connectivity index (χ4v) is 1.84. The molecule has 2 amide bonds. The molecule has 5 nitrogen and oxygen atoms in total. The monoisotopic (exact) mass is 278 g/mol. The van der Waals surface area contributed by atoms with Crippen LogP contribution in [-0.4, -0.2) is 32.1 Å². The molecule has 0 aliphatic carbocycles. The summed E-state index contributed by atoms with van der Waals surface area (Å²) in [7, 11) is 1.57. The minimum absolute atomic E-state index is 0.0546. The number of ether oxygens (including phenoxy) is 1. The molecule has 0 aliphatic heterocycles. The molecule has 1 atom stereocenters. The van der Waals surface area contributed by atoms with Crippen molar-refractivity contribution in [3.05, 3.63) is 35.9 Å². The van der Waals surface area contributed by atoms with Crippen LogP contribution in [0.4, 0.5) is 0 Å². The zero-order chi connectivity index (χ0) is 14.8. The van der Waals surface area contributed by atoms with E-state index in [4.69, 9.17) is 4.74 Å². The Bertz CT molecular complexity index is 420. The van der Waals surface area contributed by atoms with E-state index in [9.17, 15) is 9.59 Å². The number of rotatable bonds is 8. The summed E-state index contributed by atoms with van der Waals surface area (Å²) in [6.07, 6.45) is 0.564. The van der Waals surface area contributed by atoms with Crippen molar-refractivity contribution in [2.45, 2.75) is 19.9 Å². The van der Waals surface area contributed by atoms with E-state index in [1.54, 1.807) is 7.11 Å². The van der Waals surface area contributed by atoms with Crippen molar-refractivity contribution >= 4 is 11.8 Å². The van der Waals surface area contributed by atoms with Gasteiger partial charge in [-0.05, 0) is 12.0 Å². The van der Waals surface area contributed by atoms with Crippen molar-refractivity contribution in [3.8, 4) is 0 Å². The van der Waals surface area contributed by atoms with Crippen LogP contribution in [0, 0.1) is 5.92 Å². The summed E-state index contributed by atoms with van der Waals surface area (Å²) < 4.78 is 5.06. The van der Waals surface area contributed by atoms with E-state index in [0.717, 1.165) is 5.56 Å². The van der Waals surface area contributed by atoms with Gasteiger partial charge >= 0.3 is 0 Å². The molecule has 110 valence electrons. The number of hydrogen-bond donors (Lipinski definition) is 2. The van der Waals surface area contributed by atoms with E-state index in [0.29, 0.717) is 26.1 Å². The third-order valence-corrected chi connectivity index (χ3v) is 2.91. The van der Waals surface area contributed by atoms with Crippen molar-refractivity contribution in [2.75, 3.05) is 20.3 Å². The fraction of sp³-hybridized carbons (Fsp3) is 0.467. The SMILES string of the molecule is COC[C@@H](CCNC(C)=O)C(=O)NCc1ccccc1. The van der Waals surface area contributed by atoms with Crippen LogP contribution in [0.5, 0.6) is 0 Å². The molecule has 0 aromatic heterocycles. The van der Waals surface area contributed by atoms with Crippen LogP contribution >= 0.6 is 0 Å². The molecule has 1 aromatic rings. The summed E-state index contributed by atoms with van der Waals surface area (Å²) in [6, 6.07) is 9.73. The number of hydrogen-bond acceptors (Lipinski definition) is 3. The molecule has 0 radical (unpaired) electrons. The van der Waals surface area contributed by atoms with Gasteiger partial charge in [-0.25, -0.2) is 0 Å². The van der Waals surface area contributed by atoms with Crippen molar-refractivity contribution in [2.24, 2.45) is 5.92 Å². The Kier molecular flexibility index (Phi) is 7.35. The zero-order valence-corrected chi connectivity index (χ0v) is 12.0. The van der Waals surface area contributed by atoms with Gasteiger partial charge in [-0.3, -0.25) is 9.59 Å². The number of carbonyl (C=O) groups excluding carboxylic acids is 2. The summed E-state index contributed by atoms with van der Waals surface area (Å²) in [5.41, 5.74) is 1.05. The Labute approximate surface area is 119 Å². The third-order valence-electron chi connectivity index (χ3n) is 2.91. The largest absolute Gasteiger partial charge is 0.384 e. The second-order valence-corrected chi connectivity index (χ2v) is 4.63. The van der Waals surface area contributed by atoms with E-state index in [-0.39, 0.29) is 17.7 Å². The molecular formula is C15H22N2O3. The van der Waals surface area contributed by atoms with Gasteiger partial charge < -0.3 is 15.4 Å². The molecular weight excluding hydrogens is 256 g/mol. The number of amides is 2. The van der Waals surface area contributed by atoms with Gasteiger partial charge in [-0.1, -0.05) is 30.3 Å². The normalized spacial score (nSPS) is 11.7. The molecule has 0 spiro atoms. The van der Waals surface area contributed by atoms with Gasteiger partial charge in [-0.15, -0.1) is 0 Å². The van der Waals surface area contributed by atoms with Crippen LogP contribution in [0.15, 0.2) is 30.3 Å².